The van der Waals surface area contributed by atoms with E-state index in [0.717, 1.165) is 17.9 Å². The average molecular weight is 478 g/mol. The number of halogens is 1. The van der Waals surface area contributed by atoms with E-state index < -0.39 is 10.0 Å². The van der Waals surface area contributed by atoms with Gasteiger partial charge in [-0.05, 0) is 43.8 Å². The zero-order chi connectivity index (χ0) is 17.4. The molecule has 0 aliphatic carbocycles. The Morgan fingerprint density at radius 3 is 2.44 bits per heavy atom. The molecule has 0 bridgehead atoms. The van der Waals surface area contributed by atoms with Crippen molar-refractivity contribution in [3.63, 3.8) is 0 Å². The fourth-order valence-corrected chi connectivity index (χ4v) is 2.72. The van der Waals surface area contributed by atoms with Gasteiger partial charge in [0.1, 0.15) is 5.76 Å². The molecule has 0 spiro atoms. The smallest absolute Gasteiger partial charge is 0.240 e. The summed E-state index contributed by atoms with van der Waals surface area (Å²) in [5.74, 6) is 1.49. The lowest BCUT2D eigenvalue weighted by Crippen LogP contribution is -2.36. The molecule has 9 heteroatoms. The maximum absolute atomic E-state index is 11.7. The molecule has 0 saturated heterocycles. The topological polar surface area (TPSA) is 95.7 Å². The van der Waals surface area contributed by atoms with Gasteiger partial charge >= 0.3 is 0 Å². The van der Waals surface area contributed by atoms with Crippen LogP contribution >= 0.6 is 24.0 Å². The molecular weight excluding hydrogens is 455 g/mol. The molecule has 0 atom stereocenters. The Balaban J connectivity index is 0.00000312. The Bertz CT molecular complexity index is 759. The minimum Gasteiger partial charge on any atom is -0.467 e. The van der Waals surface area contributed by atoms with Crippen LogP contribution in [-0.4, -0.2) is 28.0 Å². The normalized spacial score (nSPS) is 11.7. The number of rotatable bonds is 7. The summed E-state index contributed by atoms with van der Waals surface area (Å²) in [5, 5.41) is 6.33. The van der Waals surface area contributed by atoms with E-state index in [-0.39, 0.29) is 28.9 Å². The van der Waals surface area contributed by atoms with E-state index in [1.165, 1.54) is 7.05 Å². The maximum Gasteiger partial charge on any atom is 0.240 e. The van der Waals surface area contributed by atoms with Crippen molar-refractivity contribution in [3.8, 4) is 0 Å². The third-order valence-electron chi connectivity index (χ3n) is 3.28. The Kier molecular flexibility index (Phi) is 8.93. The van der Waals surface area contributed by atoms with Crippen LogP contribution in [0.25, 0.3) is 0 Å². The Labute approximate surface area is 165 Å². The second kappa shape index (κ2) is 10.4. The highest BCUT2D eigenvalue weighted by Crippen LogP contribution is 2.10. The first-order valence-electron chi connectivity index (χ1n) is 7.62. The van der Waals surface area contributed by atoms with Crippen molar-refractivity contribution in [1.29, 1.82) is 0 Å². The number of benzene rings is 1. The number of nitrogens with one attached hydrogen (secondary N) is 3. The van der Waals surface area contributed by atoms with Gasteiger partial charge in [-0.1, -0.05) is 12.1 Å². The van der Waals surface area contributed by atoms with Gasteiger partial charge in [-0.2, -0.15) is 0 Å². The Morgan fingerprint density at radius 1 is 1.16 bits per heavy atom. The summed E-state index contributed by atoms with van der Waals surface area (Å²) in [4.78, 5) is 4.72. The highest BCUT2D eigenvalue weighted by Gasteiger charge is 2.10. The Morgan fingerprint density at radius 2 is 1.88 bits per heavy atom. The van der Waals surface area contributed by atoms with E-state index in [2.05, 4.69) is 20.3 Å². The molecule has 1 heterocycles. The largest absolute Gasteiger partial charge is 0.467 e. The molecule has 0 radical (unpaired) electrons. The van der Waals surface area contributed by atoms with Gasteiger partial charge in [-0.3, -0.25) is 0 Å². The summed E-state index contributed by atoms with van der Waals surface area (Å²) in [6.07, 6.45) is 1.63. The quantitative estimate of drug-likeness (QED) is 0.322. The van der Waals surface area contributed by atoms with E-state index in [0.29, 0.717) is 19.0 Å². The average Bonchev–Trinajstić information content (AvgIpc) is 3.11. The Hall–Kier alpha value is -1.59. The number of aliphatic imine (C=N–C) groups is 1. The maximum atomic E-state index is 11.7. The van der Waals surface area contributed by atoms with Crippen LogP contribution in [0.15, 0.2) is 57.0 Å². The van der Waals surface area contributed by atoms with E-state index in [1.54, 1.807) is 30.5 Å². The summed E-state index contributed by atoms with van der Waals surface area (Å²) < 4.78 is 30.9. The van der Waals surface area contributed by atoms with Crippen molar-refractivity contribution in [2.75, 3.05) is 13.6 Å². The molecule has 0 aliphatic rings. The number of guanidine groups is 1. The number of furan rings is 1. The fraction of sp³-hybridized carbons (Fsp3) is 0.312. The molecule has 2 aromatic rings. The first-order valence-corrected chi connectivity index (χ1v) is 9.10. The second-order valence-electron chi connectivity index (χ2n) is 4.98. The number of sulfonamides is 1. The molecule has 25 heavy (non-hydrogen) atoms. The summed E-state index contributed by atoms with van der Waals surface area (Å²) in [5.41, 5.74) is 0.917. The second-order valence-corrected chi connectivity index (χ2v) is 6.87. The van der Waals surface area contributed by atoms with Crippen LogP contribution in [0.4, 0.5) is 0 Å². The van der Waals surface area contributed by atoms with Gasteiger partial charge in [-0.25, -0.2) is 18.1 Å². The van der Waals surface area contributed by atoms with Crippen LogP contribution in [-0.2, 0) is 23.1 Å². The van der Waals surface area contributed by atoms with Crippen molar-refractivity contribution in [1.82, 2.24) is 15.4 Å². The highest BCUT2D eigenvalue weighted by molar-refractivity contribution is 14.0. The van der Waals surface area contributed by atoms with Gasteiger partial charge in [0.2, 0.25) is 10.0 Å². The van der Waals surface area contributed by atoms with Crippen LogP contribution in [0.1, 0.15) is 18.2 Å². The van der Waals surface area contributed by atoms with Crippen molar-refractivity contribution in [2.24, 2.45) is 4.99 Å². The van der Waals surface area contributed by atoms with E-state index >= 15 is 0 Å². The molecule has 1 aromatic heterocycles. The molecule has 0 amide bonds. The third kappa shape index (κ3) is 6.67. The van der Waals surface area contributed by atoms with Gasteiger partial charge < -0.3 is 15.1 Å². The molecule has 7 nitrogen and oxygen atoms in total. The molecular formula is C16H23IN4O3S. The van der Waals surface area contributed by atoms with Crippen LogP contribution in [0.5, 0.6) is 0 Å². The van der Waals surface area contributed by atoms with Crippen molar-refractivity contribution >= 4 is 40.0 Å². The zero-order valence-electron chi connectivity index (χ0n) is 14.2. The standard InChI is InChI=1S/C16H22N4O3S.HI/c1-3-18-16(20-12-14-5-4-10-23-14)19-11-13-6-8-15(9-7-13)24(21,22)17-2;/h4-10,17H,3,11-12H2,1-2H3,(H2,18,19,20);1H. The van der Waals surface area contributed by atoms with Gasteiger partial charge in [0.25, 0.3) is 0 Å². The summed E-state index contributed by atoms with van der Waals surface area (Å²) in [6, 6.07) is 10.4. The summed E-state index contributed by atoms with van der Waals surface area (Å²) in [7, 11) is -2.02. The molecule has 0 aliphatic heterocycles. The number of nitrogens with zero attached hydrogens (tertiary/aromatic N) is 1. The van der Waals surface area contributed by atoms with Crippen LogP contribution in [0, 0.1) is 0 Å². The minimum absolute atomic E-state index is 0. The van der Waals surface area contributed by atoms with Crippen molar-refractivity contribution in [3.05, 3.63) is 54.0 Å². The molecule has 0 saturated carbocycles. The predicted octanol–water partition coefficient (Wildman–Crippen LogP) is 2.06. The van der Waals surface area contributed by atoms with Gasteiger partial charge in [-0.15, -0.1) is 24.0 Å². The van der Waals surface area contributed by atoms with E-state index in [1.807, 2.05) is 19.1 Å². The first-order chi connectivity index (χ1) is 11.5. The van der Waals surface area contributed by atoms with Gasteiger partial charge in [0, 0.05) is 6.54 Å². The number of hydrogen-bond acceptors (Lipinski definition) is 4. The van der Waals surface area contributed by atoms with Gasteiger partial charge in [0.05, 0.1) is 24.2 Å². The molecule has 138 valence electrons. The van der Waals surface area contributed by atoms with Crippen LogP contribution in [0.3, 0.4) is 0 Å². The van der Waals surface area contributed by atoms with Gasteiger partial charge in [0.15, 0.2) is 5.96 Å². The molecule has 1 aromatic carbocycles. The summed E-state index contributed by atoms with van der Waals surface area (Å²) >= 11 is 0. The zero-order valence-corrected chi connectivity index (χ0v) is 17.3. The molecule has 3 N–H and O–H groups in total. The fourth-order valence-electron chi connectivity index (χ4n) is 1.99. The SMILES string of the molecule is CCNC(=NCc1ccc(S(=O)(=O)NC)cc1)NCc1ccco1.I. The van der Waals surface area contributed by atoms with E-state index in [9.17, 15) is 8.42 Å². The van der Waals surface area contributed by atoms with Crippen LogP contribution < -0.4 is 15.4 Å². The van der Waals surface area contributed by atoms with Crippen LogP contribution in [0.2, 0.25) is 0 Å². The van der Waals surface area contributed by atoms with Crippen molar-refractivity contribution < 1.29 is 12.8 Å². The lowest BCUT2D eigenvalue weighted by atomic mass is 10.2. The molecule has 2 rings (SSSR count). The minimum atomic E-state index is -3.41. The lowest BCUT2D eigenvalue weighted by molar-refractivity contribution is 0.501. The first kappa shape index (κ1) is 21.5. The number of hydrogen-bond donors (Lipinski definition) is 3. The molecule has 0 fully saturated rings. The summed E-state index contributed by atoms with van der Waals surface area (Å²) in [6.45, 7) is 3.70. The van der Waals surface area contributed by atoms with Crippen molar-refractivity contribution in [2.45, 2.75) is 24.9 Å². The highest BCUT2D eigenvalue weighted by atomic mass is 127. The lowest BCUT2D eigenvalue weighted by Gasteiger charge is -2.10. The third-order valence-corrected chi connectivity index (χ3v) is 4.71. The molecule has 0 unspecified atom stereocenters. The van der Waals surface area contributed by atoms with E-state index in [4.69, 9.17) is 4.42 Å². The monoisotopic (exact) mass is 478 g/mol. The predicted molar refractivity (Wildman–Crippen MR) is 108 cm³/mol.